The molecule has 0 atom stereocenters. The maximum absolute atomic E-state index is 10.3. The van der Waals surface area contributed by atoms with Crippen molar-refractivity contribution in [2.45, 2.75) is 5.88 Å². The summed E-state index contributed by atoms with van der Waals surface area (Å²) in [5, 5.41) is 17.4. The second-order valence-corrected chi connectivity index (χ2v) is 1.82. The molecule has 0 spiro atoms. The zero-order valence-corrected chi connectivity index (χ0v) is 5.59. The van der Waals surface area contributed by atoms with Gasteiger partial charge in [-0.05, 0) is 0 Å². The Labute approximate surface area is 61.0 Å². The van der Waals surface area contributed by atoms with E-state index in [4.69, 9.17) is 16.7 Å². The average molecular weight is 162 g/mol. The number of carboxylic acids is 1. The number of alkyl halides is 1. The van der Waals surface area contributed by atoms with Gasteiger partial charge in [0.05, 0.1) is 5.88 Å². The fraction of sp³-hybridized carbons (Fsp3) is 0.250. The fourth-order valence-electron chi connectivity index (χ4n) is 0.517. The van der Waals surface area contributed by atoms with Gasteiger partial charge in [-0.1, -0.05) is 0 Å². The average Bonchev–Trinajstić information content (AvgIpc) is 2.33. The maximum atomic E-state index is 10.3. The van der Waals surface area contributed by atoms with E-state index >= 15 is 0 Å². The minimum Gasteiger partial charge on any atom is -0.476 e. The maximum Gasteiger partial charge on any atom is 0.358 e. The first kappa shape index (κ1) is 7.01. The van der Waals surface area contributed by atoms with Gasteiger partial charge >= 0.3 is 5.97 Å². The number of aromatic amines is 1. The molecule has 54 valence electrons. The lowest BCUT2D eigenvalue weighted by Gasteiger charge is -1.85. The van der Waals surface area contributed by atoms with Gasteiger partial charge in [0, 0.05) is 0 Å². The van der Waals surface area contributed by atoms with Gasteiger partial charge in [-0.15, -0.1) is 16.7 Å². The standard InChI is InChI=1S/C4H4ClN3O2/c5-1-2-3(4(9)10)7-8-6-2/h1H2,(H,9,10)(H,6,7,8). The molecule has 0 aliphatic heterocycles. The van der Waals surface area contributed by atoms with E-state index in [1.165, 1.54) is 0 Å². The Hall–Kier alpha value is -1.10. The molecule has 1 aromatic heterocycles. The van der Waals surface area contributed by atoms with Crippen LogP contribution in [0.15, 0.2) is 0 Å². The highest BCUT2D eigenvalue weighted by Crippen LogP contribution is 2.03. The number of aromatic nitrogens is 3. The van der Waals surface area contributed by atoms with Crippen molar-refractivity contribution < 1.29 is 9.90 Å². The zero-order chi connectivity index (χ0) is 7.56. The highest BCUT2D eigenvalue weighted by molar-refractivity contribution is 6.17. The first-order chi connectivity index (χ1) is 4.75. The number of hydrogen-bond donors (Lipinski definition) is 2. The number of nitrogens with zero attached hydrogens (tertiary/aromatic N) is 2. The van der Waals surface area contributed by atoms with Crippen LogP contribution < -0.4 is 0 Å². The van der Waals surface area contributed by atoms with Crippen LogP contribution in [0.2, 0.25) is 0 Å². The number of H-pyrrole nitrogens is 1. The van der Waals surface area contributed by atoms with E-state index in [0.29, 0.717) is 0 Å². The molecule has 0 amide bonds. The summed E-state index contributed by atoms with van der Waals surface area (Å²) in [5.74, 6) is -1.07. The van der Waals surface area contributed by atoms with E-state index < -0.39 is 5.97 Å². The Balaban J connectivity index is 3.01. The lowest BCUT2D eigenvalue weighted by atomic mass is 10.3. The smallest absolute Gasteiger partial charge is 0.358 e. The molecule has 5 nitrogen and oxygen atoms in total. The molecule has 0 bridgehead atoms. The molecule has 10 heavy (non-hydrogen) atoms. The Morgan fingerprint density at radius 1 is 1.70 bits per heavy atom. The monoisotopic (exact) mass is 161 g/mol. The van der Waals surface area contributed by atoms with Crippen molar-refractivity contribution >= 4 is 17.6 Å². The van der Waals surface area contributed by atoms with E-state index in [-0.39, 0.29) is 17.3 Å². The summed E-state index contributed by atoms with van der Waals surface area (Å²) < 4.78 is 0. The predicted molar refractivity (Wildman–Crippen MR) is 32.9 cm³/mol. The molecule has 1 aromatic rings. The Morgan fingerprint density at radius 2 is 2.40 bits per heavy atom. The summed E-state index contributed by atoms with van der Waals surface area (Å²) in [5.41, 5.74) is 0.143. The second-order valence-electron chi connectivity index (χ2n) is 1.56. The topological polar surface area (TPSA) is 78.9 Å². The van der Waals surface area contributed by atoms with Crippen LogP contribution in [0, 0.1) is 0 Å². The van der Waals surface area contributed by atoms with Crippen LogP contribution in [0.3, 0.4) is 0 Å². The minimum absolute atomic E-state index is 0.0537. The SMILES string of the molecule is O=C(O)c1n[nH]nc1CCl. The van der Waals surface area contributed by atoms with Gasteiger partial charge in [0.2, 0.25) is 0 Å². The van der Waals surface area contributed by atoms with Gasteiger partial charge in [-0.3, -0.25) is 0 Å². The van der Waals surface area contributed by atoms with E-state index in [2.05, 4.69) is 15.4 Å². The van der Waals surface area contributed by atoms with E-state index in [0.717, 1.165) is 0 Å². The normalized spacial score (nSPS) is 9.70. The summed E-state index contributed by atoms with van der Waals surface area (Å²) in [6, 6.07) is 0. The number of carboxylic acid groups (broad SMARTS) is 1. The Kier molecular flexibility index (Phi) is 1.86. The first-order valence-electron chi connectivity index (χ1n) is 2.44. The van der Waals surface area contributed by atoms with Crippen LogP contribution in [0.5, 0.6) is 0 Å². The van der Waals surface area contributed by atoms with Gasteiger partial charge in [0.1, 0.15) is 5.69 Å². The molecular weight excluding hydrogens is 158 g/mol. The third kappa shape index (κ3) is 1.08. The lowest BCUT2D eigenvalue weighted by molar-refractivity contribution is 0.0689. The molecule has 0 unspecified atom stereocenters. The molecule has 6 heteroatoms. The highest BCUT2D eigenvalue weighted by atomic mass is 35.5. The number of halogens is 1. The van der Waals surface area contributed by atoms with Gasteiger partial charge in [0.15, 0.2) is 5.69 Å². The van der Waals surface area contributed by atoms with E-state index in [1.54, 1.807) is 0 Å². The molecule has 2 N–H and O–H groups in total. The predicted octanol–water partition coefficient (Wildman–Crippen LogP) is 0.242. The number of rotatable bonds is 2. The van der Waals surface area contributed by atoms with Gasteiger partial charge < -0.3 is 5.11 Å². The molecule has 0 saturated heterocycles. The van der Waals surface area contributed by atoms with Crippen molar-refractivity contribution in [3.05, 3.63) is 11.4 Å². The van der Waals surface area contributed by atoms with Crippen LogP contribution in [0.4, 0.5) is 0 Å². The number of hydrogen-bond acceptors (Lipinski definition) is 3. The second kappa shape index (κ2) is 2.66. The van der Waals surface area contributed by atoms with Crippen molar-refractivity contribution in [1.82, 2.24) is 15.4 Å². The van der Waals surface area contributed by atoms with Crippen LogP contribution in [0.1, 0.15) is 16.2 Å². The lowest BCUT2D eigenvalue weighted by Crippen LogP contribution is -2.00. The largest absolute Gasteiger partial charge is 0.476 e. The Morgan fingerprint density at radius 3 is 2.80 bits per heavy atom. The first-order valence-corrected chi connectivity index (χ1v) is 2.98. The van der Waals surface area contributed by atoms with Gasteiger partial charge in [0.25, 0.3) is 0 Å². The van der Waals surface area contributed by atoms with Crippen molar-refractivity contribution in [2.24, 2.45) is 0 Å². The summed E-state index contributed by atoms with van der Waals surface area (Å²) in [4.78, 5) is 10.3. The molecule has 1 heterocycles. The molecule has 0 aliphatic carbocycles. The summed E-state index contributed by atoms with van der Waals surface area (Å²) in [7, 11) is 0. The molecule has 0 aliphatic rings. The summed E-state index contributed by atoms with van der Waals surface area (Å²) in [6.45, 7) is 0. The van der Waals surface area contributed by atoms with Gasteiger partial charge in [-0.2, -0.15) is 10.3 Å². The molecule has 1 rings (SSSR count). The van der Waals surface area contributed by atoms with Crippen LogP contribution in [-0.2, 0) is 5.88 Å². The Bertz CT molecular complexity index is 246. The number of carbonyl (C=O) groups is 1. The van der Waals surface area contributed by atoms with Crippen molar-refractivity contribution in [3.63, 3.8) is 0 Å². The van der Waals surface area contributed by atoms with E-state index in [1.807, 2.05) is 0 Å². The molecule has 0 fully saturated rings. The molecule has 0 saturated carbocycles. The molecular formula is C4H4ClN3O2. The third-order valence-corrected chi connectivity index (χ3v) is 1.20. The van der Waals surface area contributed by atoms with Crippen LogP contribution in [-0.4, -0.2) is 26.5 Å². The third-order valence-electron chi connectivity index (χ3n) is 0.949. The van der Waals surface area contributed by atoms with Crippen LogP contribution >= 0.6 is 11.6 Å². The zero-order valence-electron chi connectivity index (χ0n) is 4.83. The van der Waals surface area contributed by atoms with Crippen molar-refractivity contribution in [3.8, 4) is 0 Å². The molecule has 0 aromatic carbocycles. The quantitative estimate of drug-likeness (QED) is 0.609. The van der Waals surface area contributed by atoms with Crippen molar-refractivity contribution in [2.75, 3.05) is 0 Å². The summed E-state index contributed by atoms with van der Waals surface area (Å²) >= 11 is 5.33. The molecule has 0 radical (unpaired) electrons. The fourth-order valence-corrected chi connectivity index (χ4v) is 0.704. The van der Waals surface area contributed by atoms with Crippen molar-refractivity contribution in [1.29, 1.82) is 0 Å². The highest BCUT2D eigenvalue weighted by Gasteiger charge is 2.12. The van der Waals surface area contributed by atoms with Gasteiger partial charge in [-0.25, -0.2) is 4.79 Å². The minimum atomic E-state index is -1.12. The summed E-state index contributed by atoms with van der Waals surface area (Å²) in [6.07, 6.45) is 0. The number of nitrogens with one attached hydrogen (secondary N) is 1. The number of aromatic carboxylic acids is 1. The van der Waals surface area contributed by atoms with E-state index in [9.17, 15) is 4.79 Å². The van der Waals surface area contributed by atoms with Crippen LogP contribution in [0.25, 0.3) is 0 Å².